The number of benzene rings is 2. The predicted molar refractivity (Wildman–Crippen MR) is 112 cm³/mol. The largest absolute Gasteiger partial charge is 0.495 e. The maximum atomic E-state index is 12.3. The first kappa shape index (κ1) is 22.0. The molecule has 0 heterocycles. The summed E-state index contributed by atoms with van der Waals surface area (Å²) in [5.41, 5.74) is 3.93. The molecular weight excluding hydrogens is 425 g/mol. The van der Waals surface area contributed by atoms with E-state index in [1.165, 1.54) is 13.3 Å². The molecule has 0 aliphatic carbocycles. The van der Waals surface area contributed by atoms with Gasteiger partial charge in [0.2, 0.25) is 10.0 Å². The summed E-state index contributed by atoms with van der Waals surface area (Å²) in [6, 6.07) is 9.86. The number of hydrazone groups is 1. The van der Waals surface area contributed by atoms with Crippen molar-refractivity contribution in [1.29, 1.82) is 0 Å². The van der Waals surface area contributed by atoms with E-state index in [2.05, 4.69) is 10.5 Å². The van der Waals surface area contributed by atoms with Gasteiger partial charge in [0.05, 0.1) is 30.3 Å². The van der Waals surface area contributed by atoms with Crippen molar-refractivity contribution in [2.45, 2.75) is 6.92 Å². The van der Waals surface area contributed by atoms with Gasteiger partial charge in [0, 0.05) is 10.6 Å². The molecule has 0 bridgehead atoms. The molecule has 7 nitrogen and oxygen atoms in total. The van der Waals surface area contributed by atoms with Crippen molar-refractivity contribution >= 4 is 51.0 Å². The van der Waals surface area contributed by atoms with Crippen molar-refractivity contribution in [2.75, 3.05) is 24.2 Å². The number of halogens is 2. The summed E-state index contributed by atoms with van der Waals surface area (Å²) in [6.07, 6.45) is 2.35. The fraction of sp³-hybridized carbons (Fsp3) is 0.222. The molecule has 0 aromatic heterocycles. The fourth-order valence-corrected chi connectivity index (χ4v) is 3.63. The molecule has 2 aromatic carbocycles. The number of carbonyl (C=O) groups excluding carboxylic acids is 1. The van der Waals surface area contributed by atoms with Crippen molar-refractivity contribution < 1.29 is 17.9 Å². The number of nitrogens with one attached hydrogen (secondary N) is 1. The molecule has 2 aromatic rings. The van der Waals surface area contributed by atoms with E-state index in [4.69, 9.17) is 27.9 Å². The Kier molecular flexibility index (Phi) is 7.29. The Morgan fingerprint density at radius 2 is 1.96 bits per heavy atom. The molecule has 150 valence electrons. The minimum Gasteiger partial charge on any atom is -0.495 e. The van der Waals surface area contributed by atoms with Gasteiger partial charge in [0.25, 0.3) is 5.91 Å². The molecular formula is C18H19Cl2N3O4S. The number of ether oxygens (including phenoxy) is 1. The normalized spacial score (nSPS) is 11.5. The lowest BCUT2D eigenvalue weighted by molar-refractivity contribution is -0.119. The number of aryl methyl sites for hydroxylation is 1. The maximum absolute atomic E-state index is 12.3. The number of nitrogens with zero attached hydrogens (tertiary/aromatic N) is 2. The molecule has 0 radical (unpaired) electrons. The lowest BCUT2D eigenvalue weighted by atomic mass is 10.2. The molecule has 1 amide bonds. The van der Waals surface area contributed by atoms with E-state index in [9.17, 15) is 13.2 Å². The van der Waals surface area contributed by atoms with Crippen LogP contribution in [0.5, 0.6) is 5.75 Å². The van der Waals surface area contributed by atoms with Crippen LogP contribution in [0.1, 0.15) is 11.1 Å². The molecule has 1 N–H and O–H groups in total. The summed E-state index contributed by atoms with van der Waals surface area (Å²) in [5, 5.41) is 4.66. The van der Waals surface area contributed by atoms with E-state index in [1.807, 2.05) is 6.92 Å². The second-order valence-corrected chi connectivity index (χ2v) is 8.65. The first-order valence-corrected chi connectivity index (χ1v) is 10.6. The molecule has 2 rings (SSSR count). The van der Waals surface area contributed by atoms with Gasteiger partial charge in [-0.05, 0) is 36.8 Å². The Morgan fingerprint density at radius 3 is 2.57 bits per heavy atom. The van der Waals surface area contributed by atoms with E-state index >= 15 is 0 Å². The van der Waals surface area contributed by atoms with Gasteiger partial charge < -0.3 is 4.74 Å². The maximum Gasteiger partial charge on any atom is 0.260 e. The summed E-state index contributed by atoms with van der Waals surface area (Å²) < 4.78 is 30.7. The summed E-state index contributed by atoms with van der Waals surface area (Å²) >= 11 is 11.9. The van der Waals surface area contributed by atoms with Crippen LogP contribution < -0.4 is 14.5 Å². The Hall–Kier alpha value is -2.29. The third-order valence-corrected chi connectivity index (χ3v) is 5.33. The van der Waals surface area contributed by atoms with Gasteiger partial charge in [0.1, 0.15) is 12.3 Å². The molecule has 0 aliphatic rings. The zero-order chi connectivity index (χ0) is 20.9. The summed E-state index contributed by atoms with van der Waals surface area (Å²) in [7, 11) is -2.32. The zero-order valence-electron chi connectivity index (χ0n) is 15.4. The van der Waals surface area contributed by atoms with Crippen LogP contribution >= 0.6 is 23.2 Å². The van der Waals surface area contributed by atoms with Crippen LogP contribution in [0.3, 0.4) is 0 Å². The van der Waals surface area contributed by atoms with Crippen LogP contribution in [0, 0.1) is 6.92 Å². The molecule has 0 unspecified atom stereocenters. The van der Waals surface area contributed by atoms with E-state index < -0.39 is 22.5 Å². The number of sulfonamides is 1. The van der Waals surface area contributed by atoms with Crippen molar-refractivity contribution in [2.24, 2.45) is 5.10 Å². The van der Waals surface area contributed by atoms with E-state index in [0.29, 0.717) is 21.4 Å². The minimum absolute atomic E-state index is 0.268. The highest BCUT2D eigenvalue weighted by molar-refractivity contribution is 7.92. The van der Waals surface area contributed by atoms with Crippen molar-refractivity contribution in [3.8, 4) is 5.75 Å². The second kappa shape index (κ2) is 9.27. The summed E-state index contributed by atoms with van der Waals surface area (Å²) in [4.78, 5) is 12.3. The van der Waals surface area contributed by atoms with Gasteiger partial charge in [-0.25, -0.2) is 13.8 Å². The lowest BCUT2D eigenvalue weighted by Gasteiger charge is -2.23. The number of carbonyl (C=O) groups is 1. The molecule has 0 fully saturated rings. The Bertz CT molecular complexity index is 1010. The number of hydrogen-bond acceptors (Lipinski definition) is 5. The number of hydrogen-bond donors (Lipinski definition) is 1. The van der Waals surface area contributed by atoms with Crippen LogP contribution in [0.4, 0.5) is 5.69 Å². The first-order chi connectivity index (χ1) is 13.1. The van der Waals surface area contributed by atoms with Crippen LogP contribution in [0.15, 0.2) is 41.5 Å². The fourth-order valence-electron chi connectivity index (χ4n) is 2.32. The molecule has 0 saturated heterocycles. The first-order valence-electron chi connectivity index (χ1n) is 8.01. The lowest BCUT2D eigenvalue weighted by Crippen LogP contribution is -2.39. The molecule has 0 aliphatic heterocycles. The van der Waals surface area contributed by atoms with Crippen molar-refractivity contribution in [1.82, 2.24) is 5.43 Å². The Balaban J connectivity index is 2.18. The Labute approximate surface area is 173 Å². The monoisotopic (exact) mass is 443 g/mol. The third-order valence-electron chi connectivity index (χ3n) is 3.65. The van der Waals surface area contributed by atoms with Gasteiger partial charge >= 0.3 is 0 Å². The van der Waals surface area contributed by atoms with E-state index in [1.54, 1.807) is 36.4 Å². The van der Waals surface area contributed by atoms with Gasteiger partial charge in [0.15, 0.2) is 0 Å². The zero-order valence-corrected chi connectivity index (χ0v) is 17.8. The molecule has 0 saturated carbocycles. The van der Waals surface area contributed by atoms with Gasteiger partial charge in [-0.2, -0.15) is 5.10 Å². The summed E-state index contributed by atoms with van der Waals surface area (Å²) in [5.74, 6) is -0.296. The molecule has 28 heavy (non-hydrogen) atoms. The Morgan fingerprint density at radius 1 is 1.25 bits per heavy atom. The summed E-state index contributed by atoms with van der Waals surface area (Å²) in [6.45, 7) is 1.34. The quantitative estimate of drug-likeness (QED) is 0.525. The average molecular weight is 444 g/mol. The minimum atomic E-state index is -3.75. The number of methoxy groups -OCH3 is 1. The highest BCUT2D eigenvalue weighted by atomic mass is 35.5. The van der Waals surface area contributed by atoms with Crippen LogP contribution in [-0.2, 0) is 14.8 Å². The number of anilines is 1. The van der Waals surface area contributed by atoms with E-state index in [-0.39, 0.29) is 5.69 Å². The van der Waals surface area contributed by atoms with Crippen LogP contribution in [0.25, 0.3) is 0 Å². The standard InChI is InChI=1S/C18H19Cl2N3O4S/c1-12-4-7-17(27-2)16(8-12)23(28(3,25)26)11-18(24)22-21-10-13-5-6-14(19)9-15(13)20/h4-10H,11H2,1-3H3,(H,22,24)/b21-10-. The molecule has 10 heteroatoms. The van der Waals surface area contributed by atoms with Gasteiger partial charge in [-0.3, -0.25) is 9.10 Å². The van der Waals surface area contributed by atoms with E-state index in [0.717, 1.165) is 16.1 Å². The van der Waals surface area contributed by atoms with Crippen molar-refractivity contribution in [3.63, 3.8) is 0 Å². The average Bonchev–Trinajstić information content (AvgIpc) is 2.60. The topological polar surface area (TPSA) is 88.1 Å². The SMILES string of the molecule is COc1ccc(C)cc1N(CC(=O)N/N=C\c1ccc(Cl)cc1Cl)S(C)(=O)=O. The second-order valence-electron chi connectivity index (χ2n) is 5.90. The van der Waals surface area contributed by atoms with Crippen molar-refractivity contribution in [3.05, 3.63) is 57.6 Å². The third kappa shape index (κ3) is 5.85. The number of rotatable bonds is 7. The van der Waals surface area contributed by atoms with Crippen LogP contribution in [0.2, 0.25) is 10.0 Å². The highest BCUT2D eigenvalue weighted by Gasteiger charge is 2.24. The smallest absolute Gasteiger partial charge is 0.260 e. The predicted octanol–water partition coefficient (Wildman–Crippen LogP) is 3.23. The molecule has 0 atom stereocenters. The van der Waals surface area contributed by atoms with Gasteiger partial charge in [-0.15, -0.1) is 0 Å². The van der Waals surface area contributed by atoms with Crippen LogP contribution in [-0.4, -0.2) is 40.4 Å². The van der Waals surface area contributed by atoms with Gasteiger partial charge in [-0.1, -0.05) is 35.3 Å². The number of amides is 1. The molecule has 0 spiro atoms. The highest BCUT2D eigenvalue weighted by Crippen LogP contribution is 2.30.